The van der Waals surface area contributed by atoms with Crippen LogP contribution in [0, 0.1) is 0 Å². The highest BCUT2D eigenvalue weighted by Crippen LogP contribution is 2.32. The smallest absolute Gasteiger partial charge is 0.416 e. The molecule has 190 valence electrons. The third-order valence-corrected chi connectivity index (χ3v) is 6.71. The summed E-state index contributed by atoms with van der Waals surface area (Å²) in [6.45, 7) is 4.26. The summed E-state index contributed by atoms with van der Waals surface area (Å²) in [5, 5.41) is 0. The summed E-state index contributed by atoms with van der Waals surface area (Å²) in [4.78, 5) is 19.6. The molecule has 4 rings (SSSR count). The molecule has 1 unspecified atom stereocenters. The normalized spacial score (nSPS) is 18.4. The van der Waals surface area contributed by atoms with Crippen LogP contribution in [0.4, 0.5) is 13.2 Å². The molecule has 35 heavy (non-hydrogen) atoms. The number of amides is 1. The van der Waals surface area contributed by atoms with Gasteiger partial charge in [0.2, 0.25) is 0 Å². The fourth-order valence-electron chi connectivity index (χ4n) is 4.52. The first kappa shape index (κ1) is 25.5. The summed E-state index contributed by atoms with van der Waals surface area (Å²) >= 11 is 0. The average molecular weight is 490 g/mol. The van der Waals surface area contributed by atoms with E-state index in [1.165, 1.54) is 25.0 Å². The molecule has 0 aromatic heterocycles. The van der Waals surface area contributed by atoms with Crippen molar-refractivity contribution in [3.05, 3.63) is 65.2 Å². The first-order valence-corrected chi connectivity index (χ1v) is 12.3. The van der Waals surface area contributed by atoms with Gasteiger partial charge in [0.05, 0.1) is 5.56 Å². The van der Waals surface area contributed by atoms with Gasteiger partial charge >= 0.3 is 6.18 Å². The molecule has 1 atom stereocenters. The molecule has 1 amide bonds. The lowest BCUT2D eigenvalue weighted by molar-refractivity contribution is -0.137. The Kier molecular flexibility index (Phi) is 8.02. The van der Waals surface area contributed by atoms with E-state index < -0.39 is 11.7 Å². The summed E-state index contributed by atoms with van der Waals surface area (Å²) in [6.07, 6.45) is -0.519. The molecular weight excluding hydrogens is 455 g/mol. The summed E-state index contributed by atoms with van der Waals surface area (Å²) in [6, 6.07) is 12.9. The number of rotatable bonds is 8. The molecule has 1 heterocycles. The highest BCUT2D eigenvalue weighted by molar-refractivity contribution is 5.94. The van der Waals surface area contributed by atoms with E-state index in [9.17, 15) is 18.0 Å². The molecule has 2 aliphatic rings. The van der Waals surface area contributed by atoms with E-state index >= 15 is 0 Å². The standard InChI is InChI=1S/C27H34F3N3O2/c1-31(2)17-14-25(35-24-12-8-22(9-13-24)27(28,29)30)20-4-6-21(7-5-20)26(34)33-16-3-15-32(18-19-33)23-10-11-23/h4-9,12-13,23,25H,3,10-11,14-19H2,1-2H3. The molecular formula is C27H34F3N3O2. The fraction of sp³-hybridized carbons (Fsp3) is 0.519. The quantitative estimate of drug-likeness (QED) is 0.518. The van der Waals surface area contributed by atoms with Crippen LogP contribution in [0.2, 0.25) is 0 Å². The summed E-state index contributed by atoms with van der Waals surface area (Å²) in [7, 11) is 3.92. The van der Waals surface area contributed by atoms with Crippen LogP contribution >= 0.6 is 0 Å². The summed E-state index contributed by atoms with van der Waals surface area (Å²) < 4.78 is 44.8. The zero-order valence-corrected chi connectivity index (χ0v) is 20.4. The van der Waals surface area contributed by atoms with Crippen molar-refractivity contribution < 1.29 is 22.7 Å². The second kappa shape index (κ2) is 11.0. The van der Waals surface area contributed by atoms with Crippen molar-refractivity contribution in [2.24, 2.45) is 0 Å². The number of ether oxygens (including phenoxy) is 1. The van der Waals surface area contributed by atoms with E-state index in [2.05, 4.69) is 4.90 Å². The van der Waals surface area contributed by atoms with Crippen molar-refractivity contribution in [1.29, 1.82) is 0 Å². The molecule has 8 heteroatoms. The third kappa shape index (κ3) is 6.98. The molecule has 2 aromatic carbocycles. The minimum absolute atomic E-state index is 0.0442. The zero-order valence-electron chi connectivity index (χ0n) is 20.4. The number of hydrogen-bond donors (Lipinski definition) is 0. The second-order valence-electron chi connectivity index (χ2n) is 9.76. The Balaban J connectivity index is 1.43. The highest BCUT2D eigenvalue weighted by atomic mass is 19.4. The monoisotopic (exact) mass is 489 g/mol. The topological polar surface area (TPSA) is 36.0 Å². The SMILES string of the molecule is CN(C)CCC(Oc1ccc(C(F)(F)F)cc1)c1ccc(C(=O)N2CCCN(C3CC3)CC2)cc1. The fourth-order valence-corrected chi connectivity index (χ4v) is 4.52. The first-order valence-electron chi connectivity index (χ1n) is 12.3. The number of halogens is 3. The van der Waals surface area contributed by atoms with E-state index in [1.807, 2.05) is 48.2 Å². The van der Waals surface area contributed by atoms with Gasteiger partial charge in [0, 0.05) is 50.7 Å². The van der Waals surface area contributed by atoms with E-state index in [0.717, 1.165) is 56.8 Å². The molecule has 1 aliphatic heterocycles. The molecule has 0 radical (unpaired) electrons. The van der Waals surface area contributed by atoms with Gasteiger partial charge < -0.3 is 14.5 Å². The predicted octanol–water partition coefficient (Wildman–Crippen LogP) is 5.09. The van der Waals surface area contributed by atoms with Crippen LogP contribution in [0.1, 0.15) is 53.3 Å². The Labute approximate surface area is 205 Å². The van der Waals surface area contributed by atoms with Crippen molar-refractivity contribution in [1.82, 2.24) is 14.7 Å². The van der Waals surface area contributed by atoms with Gasteiger partial charge in [0.25, 0.3) is 5.91 Å². The Hall–Kier alpha value is -2.58. The van der Waals surface area contributed by atoms with Crippen LogP contribution in [0.25, 0.3) is 0 Å². The van der Waals surface area contributed by atoms with Gasteiger partial charge in [0.1, 0.15) is 11.9 Å². The van der Waals surface area contributed by atoms with E-state index in [1.54, 1.807) is 0 Å². The van der Waals surface area contributed by atoms with E-state index in [4.69, 9.17) is 4.74 Å². The lowest BCUT2D eigenvalue weighted by Crippen LogP contribution is -2.35. The van der Waals surface area contributed by atoms with Gasteiger partial charge in [-0.2, -0.15) is 13.2 Å². The lowest BCUT2D eigenvalue weighted by atomic mass is 10.0. The number of hydrogen-bond acceptors (Lipinski definition) is 4. The highest BCUT2D eigenvalue weighted by Gasteiger charge is 2.31. The maximum Gasteiger partial charge on any atom is 0.416 e. The van der Waals surface area contributed by atoms with Crippen LogP contribution in [-0.4, -0.2) is 73.5 Å². The van der Waals surface area contributed by atoms with Crippen molar-refractivity contribution in [3.63, 3.8) is 0 Å². The van der Waals surface area contributed by atoms with Gasteiger partial charge in [-0.05, 0) is 75.3 Å². The summed E-state index contributed by atoms with van der Waals surface area (Å²) in [5.41, 5.74) is 0.833. The second-order valence-corrected chi connectivity index (χ2v) is 9.76. The van der Waals surface area contributed by atoms with Gasteiger partial charge in [0.15, 0.2) is 0 Å². The predicted molar refractivity (Wildman–Crippen MR) is 130 cm³/mol. The van der Waals surface area contributed by atoms with Gasteiger partial charge in [-0.25, -0.2) is 0 Å². The molecule has 2 aromatic rings. The van der Waals surface area contributed by atoms with Gasteiger partial charge in [-0.3, -0.25) is 9.69 Å². The Morgan fingerprint density at radius 1 is 1.00 bits per heavy atom. The van der Waals surface area contributed by atoms with Crippen molar-refractivity contribution in [3.8, 4) is 5.75 Å². The van der Waals surface area contributed by atoms with E-state index in [-0.39, 0.29) is 12.0 Å². The molecule has 5 nitrogen and oxygen atoms in total. The molecule has 1 aliphatic carbocycles. The Morgan fingerprint density at radius 3 is 2.29 bits per heavy atom. The largest absolute Gasteiger partial charge is 0.486 e. The number of benzene rings is 2. The van der Waals surface area contributed by atoms with Crippen molar-refractivity contribution in [2.75, 3.05) is 46.8 Å². The average Bonchev–Trinajstić information content (AvgIpc) is 3.68. The minimum Gasteiger partial charge on any atom is -0.486 e. The zero-order chi connectivity index (χ0) is 25.0. The van der Waals surface area contributed by atoms with Crippen LogP contribution in [0.15, 0.2) is 48.5 Å². The number of carbonyl (C=O) groups excluding carboxylic acids is 1. The Morgan fingerprint density at radius 2 is 1.69 bits per heavy atom. The van der Waals surface area contributed by atoms with Crippen molar-refractivity contribution in [2.45, 2.75) is 44.0 Å². The number of alkyl halides is 3. The minimum atomic E-state index is -4.38. The molecule has 1 saturated carbocycles. The molecule has 0 bridgehead atoms. The molecule has 0 spiro atoms. The number of nitrogens with zero attached hydrogens (tertiary/aromatic N) is 3. The maximum absolute atomic E-state index is 13.1. The summed E-state index contributed by atoms with van der Waals surface area (Å²) in [5.74, 6) is 0.425. The third-order valence-electron chi connectivity index (χ3n) is 6.71. The molecule has 2 fully saturated rings. The van der Waals surface area contributed by atoms with Crippen LogP contribution in [0.5, 0.6) is 5.75 Å². The molecule has 0 N–H and O–H groups in total. The number of carbonyl (C=O) groups is 1. The van der Waals surface area contributed by atoms with Crippen LogP contribution in [0.3, 0.4) is 0 Å². The maximum atomic E-state index is 13.1. The van der Waals surface area contributed by atoms with Crippen molar-refractivity contribution >= 4 is 5.91 Å². The lowest BCUT2D eigenvalue weighted by Gasteiger charge is -2.23. The Bertz CT molecular complexity index is 973. The first-order chi connectivity index (χ1) is 16.7. The molecule has 1 saturated heterocycles. The van der Waals surface area contributed by atoms with E-state index in [0.29, 0.717) is 23.8 Å². The van der Waals surface area contributed by atoms with Crippen LogP contribution in [-0.2, 0) is 6.18 Å². The van der Waals surface area contributed by atoms with Crippen LogP contribution < -0.4 is 4.74 Å². The van der Waals surface area contributed by atoms with Gasteiger partial charge in [-0.1, -0.05) is 12.1 Å². The van der Waals surface area contributed by atoms with Gasteiger partial charge in [-0.15, -0.1) is 0 Å².